The average molecular weight is 340 g/mol. The van der Waals surface area contributed by atoms with E-state index in [4.69, 9.17) is 4.74 Å². The second-order valence-electron chi connectivity index (χ2n) is 7.03. The quantitative estimate of drug-likeness (QED) is 0.829. The number of rotatable bonds is 3. The van der Waals surface area contributed by atoms with Gasteiger partial charge in [-0.1, -0.05) is 31.2 Å². The van der Waals surface area contributed by atoms with Crippen LogP contribution in [0, 0.1) is 11.8 Å². The molecule has 4 nitrogen and oxygen atoms in total. The zero-order valence-electron chi connectivity index (χ0n) is 14.6. The van der Waals surface area contributed by atoms with Crippen LogP contribution in [0.4, 0.5) is 0 Å². The molecule has 25 heavy (non-hydrogen) atoms. The van der Waals surface area contributed by atoms with E-state index in [2.05, 4.69) is 6.92 Å². The summed E-state index contributed by atoms with van der Waals surface area (Å²) in [7, 11) is 1.44. The Kier molecular flexibility index (Phi) is 4.71. The number of phenols is 2. The Morgan fingerprint density at radius 2 is 1.48 bits per heavy atom. The van der Waals surface area contributed by atoms with Crippen molar-refractivity contribution < 1.29 is 19.7 Å². The van der Waals surface area contributed by atoms with Crippen molar-refractivity contribution in [3.8, 4) is 11.5 Å². The Morgan fingerprint density at radius 1 is 1.00 bits per heavy atom. The molecule has 0 bridgehead atoms. The first kappa shape index (κ1) is 17.3. The van der Waals surface area contributed by atoms with Crippen LogP contribution < -0.4 is 0 Å². The molecule has 4 heteroatoms. The number of carbonyl (C=O) groups excluding carboxylic acids is 1. The fourth-order valence-electron chi connectivity index (χ4n) is 4.23. The molecule has 3 rings (SSSR count). The summed E-state index contributed by atoms with van der Waals surface area (Å²) in [5.41, 5.74) is 1.99. The van der Waals surface area contributed by atoms with Crippen molar-refractivity contribution in [1.29, 1.82) is 0 Å². The number of esters is 1. The smallest absolute Gasteiger partial charge is 0.308 e. The van der Waals surface area contributed by atoms with Crippen molar-refractivity contribution >= 4 is 5.97 Å². The Morgan fingerprint density at radius 3 is 1.88 bits per heavy atom. The van der Waals surface area contributed by atoms with Gasteiger partial charge in [0.15, 0.2) is 0 Å². The molecule has 1 aliphatic rings. The molecule has 1 fully saturated rings. The molecule has 0 radical (unpaired) electrons. The summed E-state index contributed by atoms with van der Waals surface area (Å²) >= 11 is 0. The van der Waals surface area contributed by atoms with E-state index in [-0.39, 0.29) is 34.7 Å². The van der Waals surface area contributed by atoms with Gasteiger partial charge in [0.05, 0.1) is 13.0 Å². The number of phenolic OH excluding ortho intramolecular Hbond substituents is 2. The third kappa shape index (κ3) is 3.21. The summed E-state index contributed by atoms with van der Waals surface area (Å²) in [6.45, 7) is 2.09. The van der Waals surface area contributed by atoms with Gasteiger partial charge in [-0.15, -0.1) is 0 Å². The fourth-order valence-corrected chi connectivity index (χ4v) is 4.23. The number of hydrogen-bond acceptors (Lipinski definition) is 4. The van der Waals surface area contributed by atoms with Gasteiger partial charge in [-0.05, 0) is 60.6 Å². The summed E-state index contributed by atoms with van der Waals surface area (Å²) in [6.07, 6.45) is 2.37. The van der Waals surface area contributed by atoms with Gasteiger partial charge in [0, 0.05) is 5.41 Å². The summed E-state index contributed by atoms with van der Waals surface area (Å²) in [6, 6.07) is 14.6. The van der Waals surface area contributed by atoms with Gasteiger partial charge in [0.2, 0.25) is 0 Å². The molecule has 2 aromatic rings. The van der Waals surface area contributed by atoms with E-state index in [1.165, 1.54) is 7.11 Å². The lowest BCUT2D eigenvalue weighted by molar-refractivity contribution is -0.148. The van der Waals surface area contributed by atoms with E-state index in [9.17, 15) is 15.0 Å². The van der Waals surface area contributed by atoms with Crippen molar-refractivity contribution in [3.05, 3.63) is 59.7 Å². The van der Waals surface area contributed by atoms with E-state index >= 15 is 0 Å². The number of carbonyl (C=O) groups is 1. The molecule has 2 N–H and O–H groups in total. The van der Waals surface area contributed by atoms with Crippen LogP contribution in [0.3, 0.4) is 0 Å². The first-order chi connectivity index (χ1) is 12.0. The van der Waals surface area contributed by atoms with Crippen LogP contribution in [0.2, 0.25) is 0 Å². The van der Waals surface area contributed by atoms with Crippen molar-refractivity contribution in [2.45, 2.75) is 31.6 Å². The highest BCUT2D eigenvalue weighted by Gasteiger charge is 2.44. The SMILES string of the molecule is COC(=O)C1CCC(c2ccc(O)cc2)(c2ccc(O)cc2)CC1C. The fraction of sp³-hybridized carbons (Fsp3) is 0.381. The van der Waals surface area contributed by atoms with E-state index in [0.717, 1.165) is 30.4 Å². The number of benzene rings is 2. The van der Waals surface area contributed by atoms with Gasteiger partial charge in [-0.2, -0.15) is 0 Å². The van der Waals surface area contributed by atoms with Crippen molar-refractivity contribution in [1.82, 2.24) is 0 Å². The predicted octanol–water partition coefficient (Wildman–Crippen LogP) is 3.99. The molecule has 0 saturated heterocycles. The minimum Gasteiger partial charge on any atom is -0.508 e. The van der Waals surface area contributed by atoms with Crippen molar-refractivity contribution in [2.75, 3.05) is 7.11 Å². The normalized spacial score (nSPS) is 22.3. The van der Waals surface area contributed by atoms with Crippen LogP contribution in [0.15, 0.2) is 48.5 Å². The summed E-state index contributed by atoms with van der Waals surface area (Å²) in [4.78, 5) is 12.1. The Hall–Kier alpha value is -2.49. The average Bonchev–Trinajstić information content (AvgIpc) is 2.62. The van der Waals surface area contributed by atoms with Crippen molar-refractivity contribution in [3.63, 3.8) is 0 Å². The lowest BCUT2D eigenvalue weighted by Gasteiger charge is -2.44. The molecule has 132 valence electrons. The lowest BCUT2D eigenvalue weighted by Crippen LogP contribution is -2.40. The second-order valence-corrected chi connectivity index (χ2v) is 7.03. The molecule has 0 amide bonds. The minimum atomic E-state index is -0.245. The van der Waals surface area contributed by atoms with Crippen LogP contribution >= 0.6 is 0 Å². The number of aromatic hydroxyl groups is 2. The molecular formula is C21H24O4. The molecule has 0 aromatic heterocycles. The minimum absolute atomic E-state index is 0.0904. The maximum absolute atomic E-state index is 12.1. The van der Waals surface area contributed by atoms with Crippen LogP contribution in [-0.2, 0) is 14.9 Å². The van der Waals surface area contributed by atoms with Gasteiger partial charge in [-0.3, -0.25) is 4.79 Å². The monoisotopic (exact) mass is 340 g/mol. The maximum Gasteiger partial charge on any atom is 0.308 e. The van der Waals surface area contributed by atoms with Gasteiger partial charge in [0.1, 0.15) is 11.5 Å². The molecule has 0 aliphatic heterocycles. The van der Waals surface area contributed by atoms with E-state index in [1.807, 2.05) is 24.3 Å². The molecule has 1 aliphatic carbocycles. The third-order valence-electron chi connectivity index (χ3n) is 5.58. The molecule has 2 unspecified atom stereocenters. The highest BCUT2D eigenvalue weighted by atomic mass is 16.5. The Bertz CT molecular complexity index is 688. The van der Waals surface area contributed by atoms with E-state index in [1.54, 1.807) is 24.3 Å². The summed E-state index contributed by atoms with van der Waals surface area (Å²) in [5.74, 6) is 0.412. The first-order valence-electron chi connectivity index (χ1n) is 8.63. The molecule has 0 heterocycles. The standard InChI is InChI=1S/C21H24O4/c1-14-13-21(12-11-19(14)20(24)25-2,15-3-7-17(22)8-4-15)16-5-9-18(23)10-6-16/h3-10,14,19,22-23H,11-13H2,1-2H3. The van der Waals surface area contributed by atoms with Crippen LogP contribution in [0.25, 0.3) is 0 Å². The predicted molar refractivity (Wildman–Crippen MR) is 95.5 cm³/mol. The van der Waals surface area contributed by atoms with Crippen LogP contribution in [-0.4, -0.2) is 23.3 Å². The molecule has 2 aromatic carbocycles. The zero-order chi connectivity index (χ0) is 18.0. The van der Waals surface area contributed by atoms with Gasteiger partial charge < -0.3 is 14.9 Å². The van der Waals surface area contributed by atoms with Crippen LogP contribution in [0.5, 0.6) is 11.5 Å². The largest absolute Gasteiger partial charge is 0.508 e. The Balaban J connectivity index is 2.03. The third-order valence-corrected chi connectivity index (χ3v) is 5.58. The van der Waals surface area contributed by atoms with Crippen molar-refractivity contribution in [2.24, 2.45) is 11.8 Å². The summed E-state index contributed by atoms with van der Waals surface area (Å²) < 4.78 is 4.97. The van der Waals surface area contributed by atoms with Gasteiger partial charge in [-0.25, -0.2) is 0 Å². The van der Waals surface area contributed by atoms with E-state index < -0.39 is 0 Å². The topological polar surface area (TPSA) is 66.8 Å². The number of ether oxygens (including phenoxy) is 1. The van der Waals surface area contributed by atoms with E-state index in [0.29, 0.717) is 0 Å². The molecule has 1 saturated carbocycles. The number of hydrogen-bond donors (Lipinski definition) is 2. The highest BCUT2D eigenvalue weighted by Crippen LogP contribution is 2.49. The molecule has 0 spiro atoms. The number of methoxy groups -OCH3 is 1. The molecular weight excluding hydrogens is 316 g/mol. The van der Waals surface area contributed by atoms with Crippen LogP contribution in [0.1, 0.15) is 37.3 Å². The maximum atomic E-state index is 12.1. The molecule has 2 atom stereocenters. The second kappa shape index (κ2) is 6.79. The van der Waals surface area contributed by atoms with Gasteiger partial charge in [0.25, 0.3) is 0 Å². The van der Waals surface area contributed by atoms with Gasteiger partial charge >= 0.3 is 5.97 Å². The Labute approximate surface area is 148 Å². The highest BCUT2D eigenvalue weighted by molar-refractivity contribution is 5.73. The first-order valence-corrected chi connectivity index (χ1v) is 8.63. The zero-order valence-corrected chi connectivity index (χ0v) is 14.6. The lowest BCUT2D eigenvalue weighted by atomic mass is 9.60. The summed E-state index contributed by atoms with van der Waals surface area (Å²) in [5, 5.41) is 19.3.